The fraction of sp³-hybridized carbons (Fsp3) is 0.226. The number of morpholine rings is 1. The summed E-state index contributed by atoms with van der Waals surface area (Å²) in [5, 5.41) is 3.54. The molecule has 1 amide bonds. The summed E-state index contributed by atoms with van der Waals surface area (Å²) >= 11 is 0. The Morgan fingerprint density at radius 2 is 1.70 bits per heavy atom. The van der Waals surface area contributed by atoms with Gasteiger partial charge in [0.2, 0.25) is 11.7 Å². The minimum atomic E-state index is -4.11. The second-order valence-corrected chi connectivity index (χ2v) is 11.1. The van der Waals surface area contributed by atoms with E-state index in [2.05, 4.69) is 25.0 Å². The number of amides is 1. The topological polar surface area (TPSA) is 163 Å². The van der Waals surface area contributed by atoms with E-state index in [0.29, 0.717) is 43.4 Å². The molecule has 0 atom stereocenters. The van der Waals surface area contributed by atoms with Crippen LogP contribution < -0.4 is 29.1 Å². The molecule has 15 heteroatoms. The van der Waals surface area contributed by atoms with Crippen LogP contribution in [0.2, 0.25) is 0 Å². The molecule has 2 aromatic carbocycles. The molecule has 3 heterocycles. The number of hydrogen-bond donors (Lipinski definition) is 2. The summed E-state index contributed by atoms with van der Waals surface area (Å²) in [6, 6.07) is 20.8. The molecule has 14 nitrogen and oxygen atoms in total. The van der Waals surface area contributed by atoms with Crippen LogP contribution in [0.4, 0.5) is 22.4 Å². The number of nitrogens with zero attached hydrogens (tertiary/aromatic N) is 4. The van der Waals surface area contributed by atoms with Crippen molar-refractivity contribution < 1.29 is 36.9 Å². The molecule has 0 saturated carbocycles. The van der Waals surface area contributed by atoms with Gasteiger partial charge in [-0.3, -0.25) is 10.0 Å². The van der Waals surface area contributed by atoms with E-state index in [1.165, 1.54) is 19.4 Å². The molecule has 4 aromatic rings. The van der Waals surface area contributed by atoms with E-state index in [1.54, 1.807) is 66.7 Å². The van der Waals surface area contributed by atoms with Crippen molar-refractivity contribution in [2.24, 2.45) is 0 Å². The van der Waals surface area contributed by atoms with Gasteiger partial charge in [0.1, 0.15) is 19.0 Å². The van der Waals surface area contributed by atoms with Crippen molar-refractivity contribution in [2.45, 2.75) is 0 Å². The predicted molar refractivity (Wildman–Crippen MR) is 171 cm³/mol. The second-order valence-electron chi connectivity index (χ2n) is 9.54. The third kappa shape index (κ3) is 9.06. The fourth-order valence-corrected chi connectivity index (χ4v) is 4.96. The molecule has 2 aromatic heterocycles. The first kappa shape index (κ1) is 32.0. The van der Waals surface area contributed by atoms with Gasteiger partial charge in [-0.05, 0) is 35.9 Å². The predicted octanol–water partition coefficient (Wildman–Crippen LogP) is 4.55. The highest BCUT2D eigenvalue weighted by atomic mass is 32.2. The molecule has 0 unspecified atom stereocenters. The minimum absolute atomic E-state index is 0.0964. The van der Waals surface area contributed by atoms with E-state index in [-0.39, 0.29) is 42.4 Å². The molecule has 240 valence electrons. The van der Waals surface area contributed by atoms with Gasteiger partial charge in [-0.2, -0.15) is 9.97 Å². The number of ether oxygens (including phenoxy) is 5. The van der Waals surface area contributed by atoms with Crippen molar-refractivity contribution >= 4 is 39.8 Å². The smallest absolute Gasteiger partial charge is 0.412 e. The zero-order valence-corrected chi connectivity index (χ0v) is 25.7. The Hall–Kier alpha value is -5.41. The lowest BCUT2D eigenvalue weighted by molar-refractivity contribution is 0.121. The molecule has 1 fully saturated rings. The average molecular weight is 649 g/mol. The number of pyridine rings is 1. The Morgan fingerprint density at radius 3 is 2.43 bits per heavy atom. The molecular weight excluding hydrogens is 616 g/mol. The summed E-state index contributed by atoms with van der Waals surface area (Å²) < 4.78 is 57.3. The van der Waals surface area contributed by atoms with Gasteiger partial charge in [-0.25, -0.2) is 18.2 Å². The molecule has 1 aliphatic rings. The highest BCUT2D eigenvalue weighted by Gasteiger charge is 2.26. The number of nitrogens with one attached hydrogen (secondary N) is 2. The van der Waals surface area contributed by atoms with Crippen LogP contribution in [0, 0.1) is 0 Å². The molecule has 1 aliphatic heterocycles. The number of hydrogen-bond acceptors (Lipinski definition) is 12. The van der Waals surface area contributed by atoms with Gasteiger partial charge < -0.3 is 28.6 Å². The highest BCUT2D eigenvalue weighted by Crippen LogP contribution is 2.41. The maximum absolute atomic E-state index is 13.3. The number of anilines is 3. The summed E-state index contributed by atoms with van der Waals surface area (Å²) in [5.74, 6) is 0.733. The van der Waals surface area contributed by atoms with Gasteiger partial charge in [-0.1, -0.05) is 48.5 Å². The standard InChI is InChI=1S/C31H32N6O8S/c1-41-24-11-5-6-12-25(24)45-27-28(36-46(39,40)22-14-23-9-3-2-4-10-23)34-30(37-16-18-42-19-17-37)35-29(27)43-20-21-44-31(38)33-26-13-7-8-15-32-26/h2-15,22H,16-21H2,1H3,(H,32,33,38)(H,34,35,36)/b22-14+. The lowest BCUT2D eigenvalue weighted by Gasteiger charge is -2.28. The largest absolute Gasteiger partial charge is 0.493 e. The van der Waals surface area contributed by atoms with Gasteiger partial charge >= 0.3 is 6.09 Å². The monoisotopic (exact) mass is 648 g/mol. The number of benzene rings is 2. The third-order valence-electron chi connectivity index (χ3n) is 6.33. The quantitative estimate of drug-likeness (QED) is 0.195. The summed E-state index contributed by atoms with van der Waals surface area (Å²) in [6.07, 6.45) is 2.26. The molecule has 2 N–H and O–H groups in total. The molecule has 0 spiro atoms. The van der Waals surface area contributed by atoms with Gasteiger partial charge in [0.25, 0.3) is 15.9 Å². The Kier molecular flexibility index (Phi) is 10.8. The van der Waals surface area contributed by atoms with Crippen LogP contribution in [0.1, 0.15) is 5.56 Å². The van der Waals surface area contributed by atoms with Crippen LogP contribution in [-0.2, 0) is 19.5 Å². The Bertz CT molecular complexity index is 1740. The first-order valence-electron chi connectivity index (χ1n) is 14.2. The van der Waals surface area contributed by atoms with Crippen LogP contribution in [0.5, 0.6) is 23.1 Å². The highest BCUT2D eigenvalue weighted by molar-refractivity contribution is 7.95. The van der Waals surface area contributed by atoms with Crippen LogP contribution in [-0.4, -0.2) is 76.1 Å². The lowest BCUT2D eigenvalue weighted by atomic mass is 10.2. The van der Waals surface area contributed by atoms with E-state index in [9.17, 15) is 13.2 Å². The van der Waals surface area contributed by atoms with Crippen molar-refractivity contribution in [3.63, 3.8) is 0 Å². The second kappa shape index (κ2) is 15.5. The van der Waals surface area contributed by atoms with E-state index < -0.39 is 16.1 Å². The summed E-state index contributed by atoms with van der Waals surface area (Å²) in [7, 11) is -2.63. The molecule has 0 radical (unpaired) electrons. The summed E-state index contributed by atoms with van der Waals surface area (Å²) in [5.41, 5.74) is 0.686. The number of carbonyl (C=O) groups excluding carboxylic acids is 1. The van der Waals surface area contributed by atoms with Crippen LogP contribution in [0.15, 0.2) is 84.4 Å². The average Bonchev–Trinajstić information content (AvgIpc) is 3.08. The minimum Gasteiger partial charge on any atom is -0.493 e. The Morgan fingerprint density at radius 1 is 0.957 bits per heavy atom. The van der Waals surface area contributed by atoms with Gasteiger partial charge in [-0.15, -0.1) is 0 Å². The summed E-state index contributed by atoms with van der Waals surface area (Å²) in [4.78, 5) is 27.2. The SMILES string of the molecule is COc1ccccc1Oc1c(NS(=O)(=O)/C=C/c2ccccc2)nc(N2CCOCC2)nc1OCCOC(=O)Nc1ccccn1. The zero-order chi connectivity index (χ0) is 32.2. The molecule has 46 heavy (non-hydrogen) atoms. The first-order chi connectivity index (χ1) is 22.4. The molecule has 0 aliphatic carbocycles. The lowest BCUT2D eigenvalue weighted by Crippen LogP contribution is -2.37. The Labute approximate surface area is 266 Å². The fourth-order valence-electron chi connectivity index (χ4n) is 4.15. The van der Waals surface area contributed by atoms with Crippen LogP contribution in [0.3, 0.4) is 0 Å². The zero-order valence-electron chi connectivity index (χ0n) is 24.9. The molecular formula is C31H32N6O8S. The van der Waals surface area contributed by atoms with Crippen LogP contribution in [0.25, 0.3) is 6.08 Å². The van der Waals surface area contributed by atoms with Crippen molar-refractivity contribution in [3.8, 4) is 23.1 Å². The van der Waals surface area contributed by atoms with Crippen molar-refractivity contribution in [2.75, 3.05) is 61.6 Å². The van der Waals surface area contributed by atoms with E-state index in [4.69, 9.17) is 23.7 Å². The van der Waals surface area contributed by atoms with Crippen molar-refractivity contribution in [1.29, 1.82) is 0 Å². The van der Waals surface area contributed by atoms with E-state index in [0.717, 1.165) is 5.41 Å². The van der Waals surface area contributed by atoms with E-state index in [1.807, 2.05) is 11.0 Å². The number of sulfonamides is 1. The van der Waals surface area contributed by atoms with Gasteiger partial charge in [0.15, 0.2) is 17.3 Å². The van der Waals surface area contributed by atoms with Crippen molar-refractivity contribution in [1.82, 2.24) is 15.0 Å². The van der Waals surface area contributed by atoms with Crippen LogP contribution >= 0.6 is 0 Å². The summed E-state index contributed by atoms with van der Waals surface area (Å²) in [6.45, 7) is 1.45. The number of methoxy groups -OCH3 is 1. The normalized spacial score (nSPS) is 13.2. The molecule has 0 bridgehead atoms. The first-order valence-corrected chi connectivity index (χ1v) is 15.7. The maximum Gasteiger partial charge on any atom is 0.412 e. The maximum atomic E-state index is 13.3. The van der Waals surface area contributed by atoms with Gasteiger partial charge in [0.05, 0.1) is 25.7 Å². The number of para-hydroxylation sites is 2. The number of rotatable bonds is 13. The number of carbonyl (C=O) groups is 1. The Balaban J connectivity index is 1.45. The molecule has 5 rings (SSSR count). The number of aromatic nitrogens is 3. The molecule has 1 saturated heterocycles. The van der Waals surface area contributed by atoms with Crippen molar-refractivity contribution in [3.05, 3.63) is 90.0 Å². The third-order valence-corrected chi connectivity index (χ3v) is 7.30. The van der Waals surface area contributed by atoms with Gasteiger partial charge in [0, 0.05) is 19.3 Å². The van der Waals surface area contributed by atoms with E-state index >= 15 is 0 Å².